The van der Waals surface area contributed by atoms with Crippen LogP contribution < -0.4 is 5.32 Å². The Morgan fingerprint density at radius 1 is 0.920 bits per heavy atom. The van der Waals surface area contributed by atoms with Crippen molar-refractivity contribution in [3.8, 4) is 0 Å². The summed E-state index contributed by atoms with van der Waals surface area (Å²) in [5, 5.41) is 2.96. The third-order valence-electron chi connectivity index (χ3n) is 4.71. The fraction of sp³-hybridized carbons (Fsp3) is 0.333. The summed E-state index contributed by atoms with van der Waals surface area (Å²) in [6.07, 6.45) is 3.22. The first-order valence-electron chi connectivity index (χ1n) is 8.87. The number of benzene rings is 2. The standard InChI is InChI=1S/C21H24N2O2/c1-16-10-6-7-13-18(16)20(24)22-19(17-11-4-2-5-12-17)21(25)23-14-8-3-9-15-23/h2,4-7,10-13,19H,3,8-9,14-15H2,1H3,(H,22,24)/t19-/m0/s1. The van der Waals surface area contributed by atoms with Crippen LogP contribution in [0.4, 0.5) is 0 Å². The molecule has 0 spiro atoms. The maximum Gasteiger partial charge on any atom is 0.252 e. The average molecular weight is 336 g/mol. The second-order valence-corrected chi connectivity index (χ2v) is 6.52. The van der Waals surface area contributed by atoms with E-state index in [9.17, 15) is 9.59 Å². The number of amides is 2. The fourth-order valence-electron chi connectivity index (χ4n) is 3.27. The number of hydrogen-bond donors (Lipinski definition) is 1. The number of nitrogens with one attached hydrogen (secondary N) is 1. The van der Waals surface area contributed by atoms with Gasteiger partial charge in [-0.25, -0.2) is 0 Å². The molecule has 1 aliphatic rings. The summed E-state index contributed by atoms with van der Waals surface area (Å²) in [7, 11) is 0. The molecule has 0 unspecified atom stereocenters. The molecule has 2 amide bonds. The van der Waals surface area contributed by atoms with Gasteiger partial charge in [0.1, 0.15) is 6.04 Å². The van der Waals surface area contributed by atoms with Crippen LogP contribution in [0.25, 0.3) is 0 Å². The molecule has 25 heavy (non-hydrogen) atoms. The zero-order chi connectivity index (χ0) is 17.6. The highest BCUT2D eigenvalue weighted by Gasteiger charge is 2.28. The molecule has 4 nitrogen and oxygen atoms in total. The number of aryl methyl sites for hydroxylation is 1. The quantitative estimate of drug-likeness (QED) is 0.929. The molecule has 3 rings (SSSR count). The van der Waals surface area contributed by atoms with Gasteiger partial charge in [0.15, 0.2) is 0 Å². The van der Waals surface area contributed by atoms with Crippen LogP contribution in [0.2, 0.25) is 0 Å². The number of likely N-dealkylation sites (tertiary alicyclic amines) is 1. The number of piperidine rings is 1. The molecule has 2 aromatic carbocycles. The Morgan fingerprint density at radius 3 is 2.24 bits per heavy atom. The third-order valence-corrected chi connectivity index (χ3v) is 4.71. The number of hydrogen-bond acceptors (Lipinski definition) is 2. The highest BCUT2D eigenvalue weighted by atomic mass is 16.2. The molecule has 0 bridgehead atoms. The van der Waals surface area contributed by atoms with Gasteiger partial charge in [-0.05, 0) is 43.4 Å². The van der Waals surface area contributed by atoms with Crippen LogP contribution in [-0.4, -0.2) is 29.8 Å². The van der Waals surface area contributed by atoms with E-state index in [4.69, 9.17) is 0 Å². The Kier molecular flexibility index (Phi) is 5.49. The van der Waals surface area contributed by atoms with E-state index in [1.54, 1.807) is 6.07 Å². The van der Waals surface area contributed by atoms with Crippen LogP contribution in [0, 0.1) is 6.92 Å². The van der Waals surface area contributed by atoms with Crippen molar-refractivity contribution in [2.24, 2.45) is 0 Å². The van der Waals surface area contributed by atoms with Crippen molar-refractivity contribution in [2.75, 3.05) is 13.1 Å². The molecular weight excluding hydrogens is 312 g/mol. The van der Waals surface area contributed by atoms with Gasteiger partial charge in [-0.15, -0.1) is 0 Å². The third kappa shape index (κ3) is 4.08. The first-order chi connectivity index (χ1) is 12.2. The zero-order valence-corrected chi connectivity index (χ0v) is 14.6. The molecule has 1 atom stereocenters. The Morgan fingerprint density at radius 2 is 1.56 bits per heavy atom. The normalized spacial score (nSPS) is 15.5. The molecule has 1 fully saturated rings. The molecule has 130 valence electrons. The molecule has 0 saturated carbocycles. The molecule has 4 heteroatoms. The van der Waals surface area contributed by atoms with E-state index in [2.05, 4.69) is 5.32 Å². The largest absolute Gasteiger partial charge is 0.341 e. The summed E-state index contributed by atoms with van der Waals surface area (Å²) in [5.41, 5.74) is 2.33. The van der Waals surface area contributed by atoms with Crippen LogP contribution in [0.1, 0.15) is 46.8 Å². The van der Waals surface area contributed by atoms with Crippen LogP contribution >= 0.6 is 0 Å². The van der Waals surface area contributed by atoms with Crippen molar-refractivity contribution in [1.82, 2.24) is 10.2 Å². The van der Waals surface area contributed by atoms with Crippen molar-refractivity contribution < 1.29 is 9.59 Å². The van der Waals surface area contributed by atoms with Crippen LogP contribution in [0.15, 0.2) is 54.6 Å². The minimum absolute atomic E-state index is 0.0205. The van der Waals surface area contributed by atoms with Gasteiger partial charge in [0.2, 0.25) is 5.91 Å². The predicted molar refractivity (Wildman–Crippen MR) is 98.3 cm³/mol. The molecule has 0 aromatic heterocycles. The van der Waals surface area contributed by atoms with E-state index in [1.165, 1.54) is 0 Å². The summed E-state index contributed by atoms with van der Waals surface area (Å²) in [5.74, 6) is -0.231. The molecule has 0 radical (unpaired) electrons. The van der Waals surface area contributed by atoms with Crippen molar-refractivity contribution in [3.63, 3.8) is 0 Å². The van der Waals surface area contributed by atoms with E-state index in [0.29, 0.717) is 5.56 Å². The zero-order valence-electron chi connectivity index (χ0n) is 14.6. The van der Waals surface area contributed by atoms with Crippen molar-refractivity contribution >= 4 is 11.8 Å². The number of rotatable bonds is 4. The van der Waals surface area contributed by atoms with E-state index in [1.807, 2.05) is 60.4 Å². The predicted octanol–water partition coefficient (Wildman–Crippen LogP) is 3.48. The SMILES string of the molecule is Cc1ccccc1C(=O)N[C@H](C(=O)N1CCCCC1)c1ccccc1. The van der Waals surface area contributed by atoms with Gasteiger partial charge in [-0.1, -0.05) is 48.5 Å². The minimum Gasteiger partial charge on any atom is -0.341 e. The topological polar surface area (TPSA) is 49.4 Å². The van der Waals surface area contributed by atoms with Gasteiger partial charge in [0, 0.05) is 18.7 Å². The Labute approximate surface area is 148 Å². The number of nitrogens with zero attached hydrogens (tertiary/aromatic N) is 1. The highest BCUT2D eigenvalue weighted by Crippen LogP contribution is 2.20. The summed E-state index contributed by atoms with van der Waals surface area (Å²) in [6, 6.07) is 16.3. The lowest BCUT2D eigenvalue weighted by molar-refractivity contribution is -0.134. The van der Waals surface area contributed by atoms with E-state index in [0.717, 1.165) is 43.5 Å². The lowest BCUT2D eigenvalue weighted by Crippen LogP contribution is -2.45. The number of carbonyl (C=O) groups is 2. The average Bonchev–Trinajstić information content (AvgIpc) is 2.67. The molecule has 1 aliphatic heterocycles. The van der Waals surface area contributed by atoms with Gasteiger partial charge >= 0.3 is 0 Å². The van der Waals surface area contributed by atoms with Crippen molar-refractivity contribution in [1.29, 1.82) is 0 Å². The first-order valence-corrected chi connectivity index (χ1v) is 8.87. The molecule has 2 aromatic rings. The van der Waals surface area contributed by atoms with Gasteiger partial charge in [-0.3, -0.25) is 9.59 Å². The maximum absolute atomic E-state index is 13.1. The van der Waals surface area contributed by atoms with Crippen LogP contribution in [0.3, 0.4) is 0 Å². The summed E-state index contributed by atoms with van der Waals surface area (Å²) >= 11 is 0. The minimum atomic E-state index is -0.647. The Bertz CT molecular complexity index is 737. The molecular formula is C21H24N2O2. The second-order valence-electron chi connectivity index (χ2n) is 6.52. The van der Waals surface area contributed by atoms with Gasteiger partial charge in [-0.2, -0.15) is 0 Å². The maximum atomic E-state index is 13.1. The van der Waals surface area contributed by atoms with E-state index < -0.39 is 6.04 Å². The highest BCUT2D eigenvalue weighted by molar-refractivity contribution is 5.98. The molecule has 1 heterocycles. The van der Waals surface area contributed by atoms with E-state index in [-0.39, 0.29) is 11.8 Å². The van der Waals surface area contributed by atoms with Crippen LogP contribution in [0.5, 0.6) is 0 Å². The monoisotopic (exact) mass is 336 g/mol. The van der Waals surface area contributed by atoms with Crippen molar-refractivity contribution in [3.05, 3.63) is 71.3 Å². The lowest BCUT2D eigenvalue weighted by atomic mass is 10.0. The van der Waals surface area contributed by atoms with Gasteiger partial charge in [0.05, 0.1) is 0 Å². The van der Waals surface area contributed by atoms with Crippen LogP contribution in [-0.2, 0) is 4.79 Å². The molecule has 1 saturated heterocycles. The smallest absolute Gasteiger partial charge is 0.252 e. The molecule has 0 aliphatic carbocycles. The number of carbonyl (C=O) groups excluding carboxylic acids is 2. The first kappa shape index (κ1) is 17.2. The second kappa shape index (κ2) is 7.97. The summed E-state index contributed by atoms with van der Waals surface area (Å²) in [6.45, 7) is 3.43. The lowest BCUT2D eigenvalue weighted by Gasteiger charge is -2.31. The summed E-state index contributed by atoms with van der Waals surface area (Å²) in [4.78, 5) is 27.7. The summed E-state index contributed by atoms with van der Waals surface area (Å²) < 4.78 is 0. The van der Waals surface area contributed by atoms with E-state index >= 15 is 0 Å². The Hall–Kier alpha value is -2.62. The molecule has 1 N–H and O–H groups in total. The Balaban J connectivity index is 1.85. The fourth-order valence-corrected chi connectivity index (χ4v) is 3.27. The van der Waals surface area contributed by atoms with Gasteiger partial charge < -0.3 is 10.2 Å². The van der Waals surface area contributed by atoms with Crippen molar-refractivity contribution in [2.45, 2.75) is 32.2 Å². The van der Waals surface area contributed by atoms with Gasteiger partial charge in [0.25, 0.3) is 5.91 Å².